The van der Waals surface area contributed by atoms with E-state index in [-0.39, 0.29) is 0 Å². The van der Waals surface area contributed by atoms with E-state index in [1.165, 1.54) is 86.2 Å². The van der Waals surface area contributed by atoms with Crippen molar-refractivity contribution in [1.82, 2.24) is 0 Å². The van der Waals surface area contributed by atoms with Crippen LogP contribution in [-0.4, -0.2) is 0 Å². The molecule has 0 atom stereocenters. The summed E-state index contributed by atoms with van der Waals surface area (Å²) < 4.78 is 2.72. The molecule has 0 bridgehead atoms. The Morgan fingerprint density at radius 2 is 1.03 bits per heavy atom. The van der Waals surface area contributed by atoms with Crippen LogP contribution < -0.4 is 0 Å². The van der Waals surface area contributed by atoms with Gasteiger partial charge in [-0.25, -0.2) is 0 Å². The van der Waals surface area contributed by atoms with Crippen LogP contribution in [0.3, 0.4) is 0 Å². The van der Waals surface area contributed by atoms with Crippen LogP contribution in [0.5, 0.6) is 0 Å². The van der Waals surface area contributed by atoms with Gasteiger partial charge in [-0.05, 0) is 84.9 Å². The summed E-state index contributed by atoms with van der Waals surface area (Å²) in [7, 11) is 0. The van der Waals surface area contributed by atoms with E-state index >= 15 is 0 Å². The van der Waals surface area contributed by atoms with E-state index in [4.69, 9.17) is 0 Å². The van der Waals surface area contributed by atoms with Crippen LogP contribution in [0, 0.1) is 0 Å². The minimum Gasteiger partial charge on any atom is -0.135 e. The summed E-state index contributed by atoms with van der Waals surface area (Å²) in [4.78, 5) is 0. The summed E-state index contributed by atoms with van der Waals surface area (Å²) in [6.45, 7) is 0. The summed E-state index contributed by atoms with van der Waals surface area (Å²) in [6.07, 6.45) is 0. The van der Waals surface area contributed by atoms with Crippen LogP contribution in [0.25, 0.3) is 86.2 Å². The highest BCUT2D eigenvalue weighted by Gasteiger charge is 2.21. The third kappa shape index (κ3) is 2.99. The van der Waals surface area contributed by atoms with Gasteiger partial charge in [-0.3, -0.25) is 0 Å². The second-order valence-corrected chi connectivity index (χ2v) is 11.5. The Morgan fingerprint density at radius 3 is 1.97 bits per heavy atom. The van der Waals surface area contributed by atoms with Crippen molar-refractivity contribution in [2.24, 2.45) is 0 Å². The number of rotatable bonds is 2. The topological polar surface area (TPSA) is 0 Å². The van der Waals surface area contributed by atoms with E-state index < -0.39 is 0 Å². The highest BCUT2D eigenvalue weighted by atomic mass is 32.1. The molecule has 1 aliphatic carbocycles. The lowest BCUT2D eigenvalue weighted by Crippen LogP contribution is -1.85. The van der Waals surface area contributed by atoms with E-state index in [1.54, 1.807) is 0 Å². The molecular weight excluding hydrogens is 488 g/mol. The molecule has 1 aliphatic rings. The summed E-state index contributed by atoms with van der Waals surface area (Å²) in [5, 5.41) is 8.02. The summed E-state index contributed by atoms with van der Waals surface area (Å²) in [5.41, 5.74) is 10.4. The molecule has 0 nitrogen and oxygen atoms in total. The quantitative estimate of drug-likeness (QED) is 0.217. The first-order valence-corrected chi connectivity index (χ1v) is 14.3. The van der Waals surface area contributed by atoms with Crippen molar-refractivity contribution in [3.05, 3.63) is 133 Å². The molecule has 39 heavy (non-hydrogen) atoms. The zero-order valence-corrected chi connectivity index (χ0v) is 21.9. The third-order valence-corrected chi connectivity index (χ3v) is 9.61. The van der Waals surface area contributed by atoms with Gasteiger partial charge >= 0.3 is 0 Å². The minimum atomic E-state index is 1.25. The van der Waals surface area contributed by atoms with Crippen LogP contribution >= 0.6 is 11.3 Å². The fourth-order valence-corrected chi connectivity index (χ4v) is 7.87. The Labute approximate surface area is 230 Å². The molecule has 0 saturated carbocycles. The number of fused-ring (bicyclic) bond motifs is 8. The van der Waals surface area contributed by atoms with Gasteiger partial charge in [0.25, 0.3) is 0 Å². The Balaban J connectivity index is 1.24. The SMILES string of the molecule is c1cc(-c2cc3c4c(cccc4c2)-c2ccccc2-3)cc(-c2cccc3c2ccc2c4ccccc4sc32)c1. The minimum absolute atomic E-state index is 1.25. The van der Waals surface area contributed by atoms with Gasteiger partial charge < -0.3 is 0 Å². The number of hydrogen-bond donors (Lipinski definition) is 0. The molecule has 0 saturated heterocycles. The first kappa shape index (κ1) is 21.2. The van der Waals surface area contributed by atoms with Crippen molar-refractivity contribution < 1.29 is 0 Å². The number of hydrogen-bond acceptors (Lipinski definition) is 1. The molecule has 0 fully saturated rings. The van der Waals surface area contributed by atoms with E-state index in [0.717, 1.165) is 0 Å². The molecule has 0 unspecified atom stereocenters. The predicted molar refractivity (Wildman–Crippen MR) is 170 cm³/mol. The first-order valence-electron chi connectivity index (χ1n) is 13.4. The molecule has 180 valence electrons. The zero-order chi connectivity index (χ0) is 25.5. The van der Waals surface area contributed by atoms with Crippen LogP contribution in [0.15, 0.2) is 133 Å². The van der Waals surface area contributed by atoms with Gasteiger partial charge in [0.05, 0.1) is 0 Å². The average molecular weight is 511 g/mol. The van der Waals surface area contributed by atoms with Crippen LogP contribution in [-0.2, 0) is 0 Å². The fourth-order valence-electron chi connectivity index (χ4n) is 6.64. The molecule has 0 N–H and O–H groups in total. The maximum absolute atomic E-state index is 2.39. The Bertz CT molecular complexity index is 2280. The summed E-state index contributed by atoms with van der Waals surface area (Å²) in [5.74, 6) is 0. The monoisotopic (exact) mass is 510 g/mol. The molecule has 1 aromatic heterocycles. The Hall–Kier alpha value is -4.72. The second-order valence-electron chi connectivity index (χ2n) is 10.5. The third-order valence-electron chi connectivity index (χ3n) is 8.39. The van der Waals surface area contributed by atoms with Crippen LogP contribution in [0.1, 0.15) is 0 Å². The van der Waals surface area contributed by atoms with Gasteiger partial charge in [-0.1, -0.05) is 109 Å². The van der Waals surface area contributed by atoms with Crippen molar-refractivity contribution in [2.45, 2.75) is 0 Å². The molecule has 0 aliphatic heterocycles. The number of benzene rings is 7. The lowest BCUT2D eigenvalue weighted by atomic mass is 9.92. The Kier molecular flexibility index (Phi) is 4.30. The molecule has 8 aromatic rings. The van der Waals surface area contributed by atoms with Gasteiger partial charge in [0.2, 0.25) is 0 Å². The van der Waals surface area contributed by atoms with Gasteiger partial charge in [-0.15, -0.1) is 11.3 Å². The Morgan fingerprint density at radius 1 is 0.359 bits per heavy atom. The standard InChI is InChI=1S/C38H22S/c1-2-12-29-28(11-1)32-15-6-10-25-21-26(22-35(29)37(25)32)23-8-5-9-24(20-23)27-14-7-16-33-30(27)18-19-34-31-13-3-4-17-36(31)39-38(33)34/h1-22H. The molecule has 9 rings (SSSR count). The summed E-state index contributed by atoms with van der Waals surface area (Å²) in [6, 6.07) is 49.4. The molecule has 0 radical (unpaired) electrons. The van der Waals surface area contributed by atoms with Gasteiger partial charge in [0.1, 0.15) is 0 Å². The maximum atomic E-state index is 2.39. The molecule has 0 amide bonds. The van der Waals surface area contributed by atoms with Crippen molar-refractivity contribution in [1.29, 1.82) is 0 Å². The highest BCUT2D eigenvalue weighted by molar-refractivity contribution is 7.26. The predicted octanol–water partition coefficient (Wildman–Crippen LogP) is 11.3. The number of thiophene rings is 1. The van der Waals surface area contributed by atoms with E-state index in [1.807, 2.05) is 11.3 Å². The lowest BCUT2D eigenvalue weighted by molar-refractivity contribution is 1.62. The van der Waals surface area contributed by atoms with Gasteiger partial charge in [-0.2, -0.15) is 0 Å². The first-order chi connectivity index (χ1) is 19.3. The average Bonchev–Trinajstić information content (AvgIpc) is 3.54. The maximum Gasteiger partial charge on any atom is 0.0434 e. The largest absolute Gasteiger partial charge is 0.135 e. The van der Waals surface area contributed by atoms with E-state index in [0.29, 0.717) is 0 Å². The van der Waals surface area contributed by atoms with E-state index in [9.17, 15) is 0 Å². The molecule has 0 spiro atoms. The molecule has 1 heterocycles. The van der Waals surface area contributed by atoms with Crippen molar-refractivity contribution in [3.8, 4) is 44.5 Å². The molecular formula is C38H22S. The zero-order valence-electron chi connectivity index (χ0n) is 21.1. The van der Waals surface area contributed by atoms with Gasteiger partial charge in [0.15, 0.2) is 0 Å². The molecule has 1 heteroatoms. The normalized spacial score (nSPS) is 12.1. The second kappa shape index (κ2) is 7.89. The van der Waals surface area contributed by atoms with E-state index in [2.05, 4.69) is 133 Å². The highest BCUT2D eigenvalue weighted by Crippen LogP contribution is 2.49. The smallest absolute Gasteiger partial charge is 0.0434 e. The fraction of sp³-hybridized carbons (Fsp3) is 0. The van der Waals surface area contributed by atoms with Crippen LogP contribution in [0.2, 0.25) is 0 Å². The van der Waals surface area contributed by atoms with Gasteiger partial charge in [0, 0.05) is 25.6 Å². The molecule has 7 aromatic carbocycles. The van der Waals surface area contributed by atoms with Crippen molar-refractivity contribution in [2.75, 3.05) is 0 Å². The van der Waals surface area contributed by atoms with Crippen LogP contribution in [0.4, 0.5) is 0 Å². The van der Waals surface area contributed by atoms with Crippen molar-refractivity contribution in [3.63, 3.8) is 0 Å². The van der Waals surface area contributed by atoms with Crippen molar-refractivity contribution >= 4 is 53.1 Å². The summed E-state index contributed by atoms with van der Waals surface area (Å²) >= 11 is 1.90. The lowest BCUT2D eigenvalue weighted by Gasteiger charge is -2.12.